The molecule has 0 aromatic heterocycles. The molecule has 1 aliphatic carbocycles. The van der Waals surface area contributed by atoms with Crippen LogP contribution in [0.15, 0.2) is 10.5 Å². The van der Waals surface area contributed by atoms with Gasteiger partial charge in [-0.15, -0.1) is 11.6 Å². The van der Waals surface area contributed by atoms with Crippen LogP contribution < -0.4 is 0 Å². The molecule has 0 fully saturated rings. The van der Waals surface area contributed by atoms with Crippen LogP contribution in [0.3, 0.4) is 0 Å². The van der Waals surface area contributed by atoms with Crippen LogP contribution in [0.5, 0.6) is 0 Å². The Morgan fingerprint density at radius 2 is 2.07 bits per heavy atom. The van der Waals surface area contributed by atoms with Crippen molar-refractivity contribution in [1.82, 2.24) is 0 Å². The molecular weight excluding hydrogens is 285 g/mol. The first-order valence-corrected chi connectivity index (χ1v) is 6.06. The first-order valence-electron chi connectivity index (χ1n) is 4.83. The largest absolute Gasteiger partial charge is 0.206 e. The molecule has 82 valence electrons. The summed E-state index contributed by atoms with van der Waals surface area (Å²) in [6.07, 6.45) is 1.62. The lowest BCUT2D eigenvalue weighted by molar-refractivity contribution is 0.503. The fraction of sp³-hybridized carbons (Fsp3) is 0.455. The zero-order valence-corrected chi connectivity index (χ0v) is 10.5. The van der Waals surface area contributed by atoms with Crippen molar-refractivity contribution in [1.29, 1.82) is 0 Å². The van der Waals surface area contributed by atoms with E-state index in [0.717, 1.165) is 12.8 Å². The molecule has 0 saturated carbocycles. The smallest absolute Gasteiger partial charge is 0.144 e. The van der Waals surface area contributed by atoms with Gasteiger partial charge >= 0.3 is 0 Å². The lowest BCUT2D eigenvalue weighted by Gasteiger charge is -2.27. The molecule has 0 amide bonds. The lowest BCUT2D eigenvalue weighted by Crippen LogP contribution is -2.13. The highest BCUT2D eigenvalue weighted by atomic mass is 79.9. The third-order valence-electron chi connectivity index (χ3n) is 2.92. The first kappa shape index (κ1) is 11.3. The maximum absolute atomic E-state index is 13.8. The molecule has 4 heteroatoms. The fourth-order valence-electron chi connectivity index (χ4n) is 2.08. The third kappa shape index (κ3) is 1.80. The van der Waals surface area contributed by atoms with Crippen molar-refractivity contribution in [3.8, 4) is 0 Å². The van der Waals surface area contributed by atoms with Gasteiger partial charge in [-0.2, -0.15) is 0 Å². The standard InChI is InChI=1S/C11H10BrClF2/c1-5-2-3-7(13)6-4-8(14)10(12)11(15)9(5)6/h4-5,7H,2-3H2,1H3. The summed E-state index contributed by atoms with van der Waals surface area (Å²) in [7, 11) is 0. The van der Waals surface area contributed by atoms with Gasteiger partial charge < -0.3 is 0 Å². The Labute approximate surface area is 101 Å². The number of hydrogen-bond acceptors (Lipinski definition) is 0. The van der Waals surface area contributed by atoms with Gasteiger partial charge in [0, 0.05) is 0 Å². The number of benzene rings is 1. The second-order valence-electron chi connectivity index (χ2n) is 3.94. The topological polar surface area (TPSA) is 0 Å². The van der Waals surface area contributed by atoms with Crippen molar-refractivity contribution in [3.63, 3.8) is 0 Å². The Bertz CT molecular complexity index is 406. The fourth-order valence-corrected chi connectivity index (χ4v) is 2.72. The Hall–Kier alpha value is -0.150. The number of rotatable bonds is 0. The predicted molar refractivity (Wildman–Crippen MR) is 60.3 cm³/mol. The molecule has 2 unspecified atom stereocenters. The number of fused-ring (bicyclic) bond motifs is 1. The maximum atomic E-state index is 13.8. The highest BCUT2D eigenvalue weighted by Gasteiger charge is 2.29. The van der Waals surface area contributed by atoms with E-state index in [2.05, 4.69) is 15.9 Å². The van der Waals surface area contributed by atoms with E-state index >= 15 is 0 Å². The van der Waals surface area contributed by atoms with Crippen LogP contribution in [0, 0.1) is 11.6 Å². The second kappa shape index (κ2) is 4.02. The Morgan fingerprint density at radius 1 is 1.40 bits per heavy atom. The second-order valence-corrected chi connectivity index (χ2v) is 5.26. The minimum atomic E-state index is -0.578. The van der Waals surface area contributed by atoms with E-state index in [1.54, 1.807) is 0 Å². The zero-order chi connectivity index (χ0) is 11.2. The van der Waals surface area contributed by atoms with Gasteiger partial charge in [0.2, 0.25) is 0 Å². The van der Waals surface area contributed by atoms with Gasteiger partial charge in [0.1, 0.15) is 11.6 Å². The van der Waals surface area contributed by atoms with E-state index in [0.29, 0.717) is 11.1 Å². The van der Waals surface area contributed by atoms with E-state index in [1.165, 1.54) is 6.07 Å². The van der Waals surface area contributed by atoms with Crippen molar-refractivity contribution in [3.05, 3.63) is 33.3 Å². The van der Waals surface area contributed by atoms with Crippen molar-refractivity contribution in [2.45, 2.75) is 31.1 Å². The zero-order valence-electron chi connectivity index (χ0n) is 8.16. The van der Waals surface area contributed by atoms with Gasteiger partial charge in [0.25, 0.3) is 0 Å². The van der Waals surface area contributed by atoms with Crippen molar-refractivity contribution >= 4 is 27.5 Å². The van der Waals surface area contributed by atoms with Gasteiger partial charge in [-0.25, -0.2) is 8.78 Å². The molecule has 0 spiro atoms. The van der Waals surface area contributed by atoms with Crippen LogP contribution in [0.25, 0.3) is 0 Å². The molecule has 0 saturated heterocycles. The van der Waals surface area contributed by atoms with Gasteiger partial charge in [-0.05, 0) is 51.9 Å². The van der Waals surface area contributed by atoms with Gasteiger partial charge in [-0.3, -0.25) is 0 Å². The molecule has 0 radical (unpaired) electrons. The molecule has 2 rings (SSSR count). The van der Waals surface area contributed by atoms with Gasteiger partial charge in [0.15, 0.2) is 0 Å². The monoisotopic (exact) mass is 294 g/mol. The normalized spacial score (nSPS) is 25.1. The molecule has 1 aromatic carbocycles. The average Bonchev–Trinajstić information content (AvgIpc) is 2.20. The molecule has 1 aromatic rings. The summed E-state index contributed by atoms with van der Waals surface area (Å²) in [6.45, 7) is 1.94. The minimum Gasteiger partial charge on any atom is -0.206 e. The molecule has 0 aliphatic heterocycles. The van der Waals surface area contributed by atoms with Crippen molar-refractivity contribution in [2.75, 3.05) is 0 Å². The maximum Gasteiger partial charge on any atom is 0.144 e. The van der Waals surface area contributed by atoms with Crippen LogP contribution in [0.4, 0.5) is 8.78 Å². The molecule has 0 heterocycles. The van der Waals surface area contributed by atoms with Crippen molar-refractivity contribution < 1.29 is 8.78 Å². The molecule has 0 bridgehead atoms. The van der Waals surface area contributed by atoms with Gasteiger partial charge in [0.05, 0.1) is 9.85 Å². The van der Waals surface area contributed by atoms with Crippen LogP contribution in [0.1, 0.15) is 42.2 Å². The molecule has 0 nitrogen and oxygen atoms in total. The Morgan fingerprint density at radius 3 is 2.73 bits per heavy atom. The highest BCUT2D eigenvalue weighted by molar-refractivity contribution is 9.10. The summed E-state index contributed by atoms with van der Waals surface area (Å²) < 4.78 is 27.1. The van der Waals surface area contributed by atoms with Gasteiger partial charge in [-0.1, -0.05) is 6.92 Å². The predicted octanol–water partition coefficient (Wildman–Crippen LogP) is 4.90. The number of halogens is 4. The van der Waals surface area contributed by atoms with E-state index < -0.39 is 11.6 Å². The SMILES string of the molecule is CC1CCC(Cl)c2cc(F)c(Br)c(F)c21. The molecule has 0 N–H and O–H groups in total. The summed E-state index contributed by atoms with van der Waals surface area (Å²) in [6, 6.07) is 1.34. The number of hydrogen-bond donors (Lipinski definition) is 0. The summed E-state index contributed by atoms with van der Waals surface area (Å²) in [5.41, 5.74) is 1.17. The molecule has 15 heavy (non-hydrogen) atoms. The van der Waals surface area contributed by atoms with Crippen LogP contribution >= 0.6 is 27.5 Å². The van der Waals surface area contributed by atoms with Crippen LogP contribution in [-0.2, 0) is 0 Å². The average molecular weight is 296 g/mol. The summed E-state index contributed by atoms with van der Waals surface area (Å²) >= 11 is 8.97. The van der Waals surface area contributed by atoms with E-state index in [1.807, 2.05) is 6.92 Å². The summed E-state index contributed by atoms with van der Waals surface area (Å²) in [5.74, 6) is -0.972. The minimum absolute atomic E-state index is 0.0844. The molecule has 1 aliphatic rings. The van der Waals surface area contributed by atoms with E-state index in [9.17, 15) is 8.78 Å². The van der Waals surface area contributed by atoms with Crippen LogP contribution in [-0.4, -0.2) is 0 Å². The quantitative estimate of drug-likeness (QED) is 0.471. The van der Waals surface area contributed by atoms with Crippen molar-refractivity contribution in [2.24, 2.45) is 0 Å². The summed E-state index contributed by atoms with van der Waals surface area (Å²) in [4.78, 5) is 0. The van der Waals surface area contributed by atoms with Crippen LogP contribution in [0.2, 0.25) is 0 Å². The Kier molecular flexibility index (Phi) is 3.04. The van der Waals surface area contributed by atoms with E-state index in [-0.39, 0.29) is 15.8 Å². The molecule has 2 atom stereocenters. The third-order valence-corrected chi connectivity index (χ3v) is 4.10. The first-order chi connectivity index (χ1) is 7.02. The van der Waals surface area contributed by atoms with E-state index in [4.69, 9.17) is 11.6 Å². The lowest BCUT2D eigenvalue weighted by atomic mass is 9.83. The highest BCUT2D eigenvalue weighted by Crippen LogP contribution is 2.44. The molecular formula is C11H10BrClF2. The number of alkyl halides is 1. The Balaban J connectivity index is 2.68. The summed E-state index contributed by atoms with van der Waals surface area (Å²) in [5, 5.41) is -0.270.